The maximum absolute atomic E-state index is 12.1. The van der Waals surface area contributed by atoms with E-state index in [2.05, 4.69) is 12.2 Å². The van der Waals surface area contributed by atoms with Crippen LogP contribution in [0.3, 0.4) is 0 Å². The molecule has 0 aromatic rings. The monoisotopic (exact) mass is 558 g/mol. The molecule has 0 aliphatic heterocycles. The van der Waals surface area contributed by atoms with E-state index in [-0.39, 0.29) is 91.1 Å². The molecule has 0 atom stereocenters. The van der Waals surface area contributed by atoms with Crippen LogP contribution in [0.2, 0.25) is 0 Å². The van der Waals surface area contributed by atoms with Gasteiger partial charge in [0.2, 0.25) is 5.91 Å². The number of hydrogen-bond acceptors (Lipinski definition) is 7. The molecule has 10 heteroatoms. The third-order valence-electron chi connectivity index (χ3n) is 6.39. The van der Waals surface area contributed by atoms with Crippen LogP contribution in [0.25, 0.3) is 0 Å². The quantitative estimate of drug-likeness (QED) is 0.0801. The van der Waals surface area contributed by atoms with Gasteiger partial charge in [-0.2, -0.15) is 0 Å². The molecule has 0 unspecified atom stereocenters. The fourth-order valence-electron chi connectivity index (χ4n) is 4.13. The number of amides is 1. The second-order valence-electron chi connectivity index (χ2n) is 9.75. The molecular formula is C28H52N2Na2O6. The summed E-state index contributed by atoms with van der Waals surface area (Å²) in [6.07, 6.45) is 19.7. The fourth-order valence-corrected chi connectivity index (χ4v) is 4.13. The van der Waals surface area contributed by atoms with E-state index in [1.807, 2.05) is 4.90 Å². The molecule has 8 nitrogen and oxygen atoms in total. The van der Waals surface area contributed by atoms with Gasteiger partial charge in [-0.1, -0.05) is 96.8 Å². The summed E-state index contributed by atoms with van der Waals surface area (Å²) in [6, 6.07) is 0. The second-order valence-corrected chi connectivity index (χ2v) is 9.75. The first-order valence-electron chi connectivity index (χ1n) is 14.4. The van der Waals surface area contributed by atoms with Gasteiger partial charge in [0, 0.05) is 51.0 Å². The van der Waals surface area contributed by atoms with Gasteiger partial charge < -0.3 is 29.9 Å². The van der Waals surface area contributed by atoms with Gasteiger partial charge in [-0.05, 0) is 12.8 Å². The van der Waals surface area contributed by atoms with Crippen molar-refractivity contribution in [1.82, 2.24) is 10.2 Å². The Balaban J connectivity index is -0.00000612. The molecule has 0 saturated heterocycles. The summed E-state index contributed by atoms with van der Waals surface area (Å²) >= 11 is 0. The summed E-state index contributed by atoms with van der Waals surface area (Å²) in [6.45, 7) is 4.29. The van der Waals surface area contributed by atoms with Crippen molar-refractivity contribution in [1.29, 1.82) is 0 Å². The summed E-state index contributed by atoms with van der Waals surface area (Å²) in [4.78, 5) is 35.1. The Morgan fingerprint density at radius 1 is 0.605 bits per heavy atom. The molecule has 1 N–H and O–H groups in total. The zero-order valence-electron chi connectivity index (χ0n) is 24.9. The van der Waals surface area contributed by atoms with Gasteiger partial charge in [-0.25, -0.2) is 0 Å². The third-order valence-corrected chi connectivity index (χ3v) is 6.39. The van der Waals surface area contributed by atoms with Gasteiger partial charge in [-0.3, -0.25) is 9.69 Å². The van der Waals surface area contributed by atoms with Gasteiger partial charge in [0.1, 0.15) is 0 Å². The van der Waals surface area contributed by atoms with Crippen molar-refractivity contribution in [2.24, 2.45) is 0 Å². The first kappa shape index (κ1) is 42.8. The van der Waals surface area contributed by atoms with Crippen LogP contribution in [-0.4, -0.2) is 62.1 Å². The molecule has 1 amide bonds. The van der Waals surface area contributed by atoms with Gasteiger partial charge >= 0.3 is 59.1 Å². The van der Waals surface area contributed by atoms with Gasteiger partial charge in [-0.15, -0.1) is 0 Å². The zero-order valence-corrected chi connectivity index (χ0v) is 28.9. The van der Waals surface area contributed by atoms with Crippen molar-refractivity contribution in [2.75, 3.05) is 39.4 Å². The molecule has 38 heavy (non-hydrogen) atoms. The summed E-state index contributed by atoms with van der Waals surface area (Å²) < 4.78 is 5.23. The number of carbonyl (C=O) groups excluding carboxylic acids is 3. The molecule has 0 aromatic carbocycles. The number of hydrogen-bond donors (Lipinski definition) is 1. The summed E-state index contributed by atoms with van der Waals surface area (Å²) in [5.41, 5.74) is 0. The Labute approximate surface area is 276 Å². The second kappa shape index (κ2) is 33.5. The van der Waals surface area contributed by atoms with Gasteiger partial charge in [0.05, 0.1) is 13.2 Å². The number of carboxylic acids is 2. The van der Waals surface area contributed by atoms with Crippen LogP contribution in [0.4, 0.5) is 0 Å². The molecule has 0 rings (SSSR count). The van der Waals surface area contributed by atoms with Crippen LogP contribution in [0.15, 0.2) is 0 Å². The van der Waals surface area contributed by atoms with Crippen molar-refractivity contribution in [3.63, 3.8) is 0 Å². The van der Waals surface area contributed by atoms with E-state index >= 15 is 0 Å². The number of unbranched alkanes of at least 4 members (excludes halogenated alkanes) is 14. The molecule has 0 saturated carbocycles. The Morgan fingerprint density at radius 2 is 1.08 bits per heavy atom. The van der Waals surface area contributed by atoms with Crippen molar-refractivity contribution in [3.05, 3.63) is 0 Å². The van der Waals surface area contributed by atoms with E-state index in [1.165, 1.54) is 83.5 Å². The molecule has 0 heterocycles. The van der Waals surface area contributed by atoms with E-state index in [4.69, 9.17) is 4.74 Å². The summed E-state index contributed by atoms with van der Waals surface area (Å²) in [5.74, 6) is -2.27. The Morgan fingerprint density at radius 3 is 1.55 bits per heavy atom. The van der Waals surface area contributed by atoms with E-state index in [0.29, 0.717) is 32.6 Å². The number of carbonyl (C=O) groups is 3. The normalized spacial score (nSPS) is 10.6. The number of aliphatic carboxylic acids is 2. The fraction of sp³-hybridized carbons (Fsp3) is 0.893. The number of carboxylic acid groups (broad SMARTS) is 2. The van der Waals surface area contributed by atoms with Crippen LogP contribution >= 0.6 is 0 Å². The SMILES string of the molecule is CCCCCCCCCCCCCCCCCC(=O)NCCN(CCOCCC(=O)[O-])CCC(=O)[O-].[Na+].[Na+]. The van der Waals surface area contributed by atoms with Crippen molar-refractivity contribution >= 4 is 17.8 Å². The van der Waals surface area contributed by atoms with Crippen LogP contribution in [0.1, 0.15) is 122 Å². The summed E-state index contributed by atoms with van der Waals surface area (Å²) in [5, 5.41) is 24.0. The van der Waals surface area contributed by atoms with Crippen molar-refractivity contribution in [2.45, 2.75) is 122 Å². The van der Waals surface area contributed by atoms with Crippen LogP contribution in [0, 0.1) is 0 Å². The molecule has 0 aromatic heterocycles. The predicted molar refractivity (Wildman–Crippen MR) is 139 cm³/mol. The molecular weight excluding hydrogens is 506 g/mol. The minimum absolute atomic E-state index is 0. The van der Waals surface area contributed by atoms with E-state index in [0.717, 1.165) is 12.8 Å². The predicted octanol–water partition coefficient (Wildman–Crippen LogP) is -3.03. The largest absolute Gasteiger partial charge is 1.00 e. The Kier molecular flexibility index (Phi) is 37.8. The molecule has 212 valence electrons. The Hall–Kier alpha value is 0.330. The topological polar surface area (TPSA) is 122 Å². The smallest absolute Gasteiger partial charge is 0.550 e. The average Bonchev–Trinajstić information content (AvgIpc) is 2.84. The number of nitrogens with one attached hydrogen (secondary N) is 1. The number of ether oxygens (including phenoxy) is 1. The van der Waals surface area contributed by atoms with E-state index < -0.39 is 11.9 Å². The molecule has 0 radical (unpaired) electrons. The molecule has 0 bridgehead atoms. The maximum Gasteiger partial charge on any atom is 1.00 e. The van der Waals surface area contributed by atoms with Crippen LogP contribution in [0.5, 0.6) is 0 Å². The number of nitrogens with zero attached hydrogens (tertiary/aromatic N) is 1. The zero-order chi connectivity index (χ0) is 26.7. The minimum atomic E-state index is -1.17. The van der Waals surface area contributed by atoms with Crippen LogP contribution in [-0.2, 0) is 19.1 Å². The van der Waals surface area contributed by atoms with E-state index in [1.54, 1.807) is 0 Å². The van der Waals surface area contributed by atoms with Gasteiger partial charge in [0.15, 0.2) is 0 Å². The molecule has 0 spiro atoms. The Bertz CT molecular complexity index is 555. The van der Waals surface area contributed by atoms with Crippen LogP contribution < -0.4 is 74.6 Å². The standard InChI is InChI=1S/C28H54N2O6.2Na/c1-2-3-4-5-6-7-8-9-10-11-12-13-14-15-16-17-26(31)29-20-22-30(21-18-27(32)33)23-25-36-24-19-28(34)35;;/h2-25H2,1H3,(H,29,31)(H,32,33)(H,34,35);;/q;2*+1/p-2. The number of rotatable bonds is 28. The van der Waals surface area contributed by atoms with E-state index in [9.17, 15) is 24.6 Å². The maximum atomic E-state index is 12.1. The first-order chi connectivity index (χ1) is 17.5. The average molecular weight is 559 g/mol. The van der Waals surface area contributed by atoms with Crippen molar-refractivity contribution in [3.8, 4) is 0 Å². The molecule has 0 fully saturated rings. The minimum Gasteiger partial charge on any atom is -0.550 e. The molecule has 0 aliphatic carbocycles. The van der Waals surface area contributed by atoms with Gasteiger partial charge in [0.25, 0.3) is 0 Å². The third kappa shape index (κ3) is 34.4. The summed E-state index contributed by atoms with van der Waals surface area (Å²) in [7, 11) is 0. The molecule has 0 aliphatic rings. The van der Waals surface area contributed by atoms with Crippen molar-refractivity contribution < 1.29 is 88.4 Å². The first-order valence-corrected chi connectivity index (χ1v) is 14.4.